The quantitative estimate of drug-likeness (QED) is 0.334. The first-order chi connectivity index (χ1) is 9.99. The van der Waals surface area contributed by atoms with Crippen molar-refractivity contribution in [2.75, 3.05) is 13.7 Å². The Labute approximate surface area is 148 Å². The molecule has 1 aliphatic rings. The van der Waals surface area contributed by atoms with E-state index in [2.05, 4.69) is 16.9 Å². The zero-order valence-electron chi connectivity index (χ0n) is 12.9. The van der Waals surface area contributed by atoms with Crippen molar-refractivity contribution in [3.8, 4) is 5.75 Å². The van der Waals surface area contributed by atoms with Gasteiger partial charge in [0.1, 0.15) is 0 Å². The number of guanidine groups is 1. The third-order valence-corrected chi connectivity index (χ3v) is 3.66. The summed E-state index contributed by atoms with van der Waals surface area (Å²) < 4.78 is 18.6. The highest BCUT2D eigenvalue weighted by molar-refractivity contribution is 14.0. The van der Waals surface area contributed by atoms with Crippen LogP contribution in [0.4, 0.5) is 4.39 Å². The fourth-order valence-corrected chi connectivity index (χ4v) is 2.42. The average molecular weight is 419 g/mol. The molecular formula is C16H23FIN3O. The smallest absolute Gasteiger partial charge is 0.189 e. The number of nitrogens with one attached hydrogen (secondary N) is 1. The van der Waals surface area contributed by atoms with Crippen LogP contribution < -0.4 is 15.8 Å². The molecule has 22 heavy (non-hydrogen) atoms. The summed E-state index contributed by atoms with van der Waals surface area (Å²) in [5.74, 6) is 0.775. The van der Waals surface area contributed by atoms with E-state index >= 15 is 0 Å². The summed E-state index contributed by atoms with van der Waals surface area (Å²) in [4.78, 5) is 4.19. The lowest BCUT2D eigenvalue weighted by atomic mass is 9.76. The molecule has 1 aromatic carbocycles. The second-order valence-corrected chi connectivity index (χ2v) is 5.56. The van der Waals surface area contributed by atoms with E-state index in [0.717, 1.165) is 24.0 Å². The van der Waals surface area contributed by atoms with E-state index in [1.165, 1.54) is 7.11 Å². The van der Waals surface area contributed by atoms with Crippen LogP contribution in [0.2, 0.25) is 0 Å². The van der Waals surface area contributed by atoms with Gasteiger partial charge >= 0.3 is 0 Å². The summed E-state index contributed by atoms with van der Waals surface area (Å²) in [6.07, 6.45) is 1.85. The Morgan fingerprint density at radius 1 is 1.50 bits per heavy atom. The van der Waals surface area contributed by atoms with Gasteiger partial charge in [0.05, 0.1) is 13.7 Å². The Kier molecular flexibility index (Phi) is 7.12. The van der Waals surface area contributed by atoms with E-state index < -0.39 is 0 Å². The van der Waals surface area contributed by atoms with Crippen molar-refractivity contribution in [3.63, 3.8) is 0 Å². The lowest BCUT2D eigenvalue weighted by Crippen LogP contribution is -2.46. The van der Waals surface area contributed by atoms with Crippen LogP contribution in [0, 0.1) is 5.82 Å². The predicted molar refractivity (Wildman–Crippen MR) is 98.6 cm³/mol. The molecule has 0 bridgehead atoms. The zero-order chi connectivity index (χ0) is 15.4. The van der Waals surface area contributed by atoms with Gasteiger partial charge < -0.3 is 15.8 Å². The molecule has 4 nitrogen and oxygen atoms in total. The number of hydrogen-bond donors (Lipinski definition) is 2. The van der Waals surface area contributed by atoms with Crippen molar-refractivity contribution in [1.82, 2.24) is 5.32 Å². The minimum atomic E-state index is -0.311. The van der Waals surface area contributed by atoms with Crippen molar-refractivity contribution in [2.24, 2.45) is 10.7 Å². The number of halogens is 2. The molecule has 0 amide bonds. The Morgan fingerprint density at radius 2 is 2.18 bits per heavy atom. The minimum absolute atomic E-state index is 0. The van der Waals surface area contributed by atoms with Gasteiger partial charge in [-0.25, -0.2) is 9.38 Å². The monoisotopic (exact) mass is 419 g/mol. The van der Waals surface area contributed by atoms with Gasteiger partial charge in [0, 0.05) is 6.04 Å². The van der Waals surface area contributed by atoms with Crippen molar-refractivity contribution < 1.29 is 9.13 Å². The van der Waals surface area contributed by atoms with Crippen LogP contribution in [0.1, 0.15) is 31.2 Å². The van der Waals surface area contributed by atoms with Crippen molar-refractivity contribution in [2.45, 2.75) is 31.7 Å². The third kappa shape index (κ3) is 4.86. The van der Waals surface area contributed by atoms with Crippen LogP contribution in [-0.4, -0.2) is 25.7 Å². The Morgan fingerprint density at radius 3 is 2.73 bits per heavy atom. The lowest BCUT2D eigenvalue weighted by Gasteiger charge is -2.36. The fraction of sp³-hybridized carbons (Fsp3) is 0.438. The highest BCUT2D eigenvalue weighted by atomic mass is 127. The summed E-state index contributed by atoms with van der Waals surface area (Å²) in [7, 11) is 1.47. The van der Waals surface area contributed by atoms with Crippen LogP contribution >= 0.6 is 24.0 Å². The Bertz CT molecular complexity index is 556. The van der Waals surface area contributed by atoms with Gasteiger partial charge in [-0.15, -0.1) is 24.0 Å². The van der Waals surface area contributed by atoms with Crippen molar-refractivity contribution in [1.29, 1.82) is 0 Å². The van der Waals surface area contributed by atoms with E-state index in [-0.39, 0.29) is 35.5 Å². The molecule has 0 aliphatic heterocycles. The maximum Gasteiger partial charge on any atom is 0.189 e. The number of nitrogens with two attached hydrogens (primary N) is 1. The molecule has 0 saturated heterocycles. The van der Waals surface area contributed by atoms with E-state index in [1.807, 2.05) is 13.0 Å². The van der Waals surface area contributed by atoms with Crippen LogP contribution in [0.3, 0.4) is 0 Å². The maximum atomic E-state index is 13.7. The zero-order valence-corrected chi connectivity index (χ0v) is 15.3. The second kappa shape index (κ2) is 8.36. The van der Waals surface area contributed by atoms with Crippen LogP contribution in [0.5, 0.6) is 5.75 Å². The summed E-state index contributed by atoms with van der Waals surface area (Å²) in [5, 5.41) is 3.18. The van der Waals surface area contributed by atoms with Gasteiger partial charge in [-0.3, -0.25) is 0 Å². The Balaban J connectivity index is 0.00000242. The molecule has 0 unspecified atom stereocenters. The first-order valence-electron chi connectivity index (χ1n) is 7.04. The number of ether oxygens (including phenoxy) is 1. The SMILES string of the molecule is C=C(C)CN=C(N)NC1CC(c2ccc(OC)c(F)c2)C1.I. The molecule has 0 aromatic heterocycles. The molecule has 0 radical (unpaired) electrons. The highest BCUT2D eigenvalue weighted by Gasteiger charge is 2.31. The molecule has 6 heteroatoms. The van der Waals surface area contributed by atoms with Gasteiger partial charge in [0.2, 0.25) is 0 Å². The molecule has 1 saturated carbocycles. The number of hydrogen-bond acceptors (Lipinski definition) is 2. The molecule has 0 spiro atoms. The second-order valence-electron chi connectivity index (χ2n) is 5.56. The summed E-state index contributed by atoms with van der Waals surface area (Å²) in [6.45, 7) is 6.23. The molecule has 1 fully saturated rings. The van der Waals surface area contributed by atoms with E-state index in [4.69, 9.17) is 10.5 Å². The van der Waals surface area contributed by atoms with Crippen LogP contribution in [0.15, 0.2) is 35.3 Å². The normalized spacial score (nSPS) is 20.6. The Hall–Kier alpha value is -1.31. The van der Waals surface area contributed by atoms with Gasteiger partial charge in [0.25, 0.3) is 0 Å². The third-order valence-electron chi connectivity index (χ3n) is 3.66. The molecule has 0 heterocycles. The van der Waals surface area contributed by atoms with E-state index in [1.54, 1.807) is 12.1 Å². The highest BCUT2D eigenvalue weighted by Crippen LogP contribution is 2.38. The largest absolute Gasteiger partial charge is 0.494 e. The van der Waals surface area contributed by atoms with Gasteiger partial charge in [0.15, 0.2) is 17.5 Å². The van der Waals surface area contributed by atoms with Gasteiger partial charge in [-0.05, 0) is 43.4 Å². The molecule has 1 aliphatic carbocycles. The molecule has 1 aromatic rings. The topological polar surface area (TPSA) is 59.6 Å². The predicted octanol–water partition coefficient (Wildman–Crippen LogP) is 3.18. The number of rotatable bonds is 5. The standard InChI is InChI=1S/C16H22FN3O.HI/c1-10(2)9-19-16(18)20-13-6-12(7-13)11-4-5-15(21-3)14(17)8-11;/h4-5,8,12-13H,1,6-7,9H2,2-3H3,(H3,18,19,20);1H. The van der Waals surface area contributed by atoms with Crippen molar-refractivity contribution >= 4 is 29.9 Å². The number of methoxy groups -OCH3 is 1. The first kappa shape index (κ1) is 18.7. The molecule has 0 atom stereocenters. The average Bonchev–Trinajstić information content (AvgIpc) is 2.40. The van der Waals surface area contributed by atoms with E-state index in [0.29, 0.717) is 24.5 Å². The number of aliphatic imine (C=N–C) groups is 1. The van der Waals surface area contributed by atoms with Crippen LogP contribution in [0.25, 0.3) is 0 Å². The van der Waals surface area contributed by atoms with Crippen molar-refractivity contribution in [3.05, 3.63) is 41.7 Å². The molecule has 2 rings (SSSR count). The summed E-state index contributed by atoms with van der Waals surface area (Å²) >= 11 is 0. The summed E-state index contributed by atoms with van der Waals surface area (Å²) in [6, 6.07) is 5.45. The lowest BCUT2D eigenvalue weighted by molar-refractivity contribution is 0.321. The number of nitrogens with zero attached hydrogens (tertiary/aromatic N) is 1. The van der Waals surface area contributed by atoms with Gasteiger partial charge in [-0.2, -0.15) is 0 Å². The minimum Gasteiger partial charge on any atom is -0.494 e. The van der Waals surface area contributed by atoms with Gasteiger partial charge in [-0.1, -0.05) is 18.2 Å². The summed E-state index contributed by atoms with van der Waals surface area (Å²) in [5.41, 5.74) is 7.78. The maximum absolute atomic E-state index is 13.7. The first-order valence-corrected chi connectivity index (χ1v) is 7.04. The number of benzene rings is 1. The molecule has 122 valence electrons. The van der Waals surface area contributed by atoms with E-state index in [9.17, 15) is 4.39 Å². The molecular weight excluding hydrogens is 396 g/mol. The molecule has 3 N–H and O–H groups in total. The van der Waals surface area contributed by atoms with Crippen LogP contribution in [-0.2, 0) is 0 Å². The fourth-order valence-electron chi connectivity index (χ4n) is 2.42.